The summed E-state index contributed by atoms with van der Waals surface area (Å²) in [5.41, 5.74) is 0. The number of nitrogens with one attached hydrogen (secondary N) is 2. The molecule has 0 heterocycles. The second-order valence-electron chi connectivity index (χ2n) is 6.24. The summed E-state index contributed by atoms with van der Waals surface area (Å²) in [6, 6.07) is 4.63. The van der Waals surface area contributed by atoms with Crippen LogP contribution in [0.4, 0.5) is 9.18 Å². The number of esters is 1. The molecule has 0 saturated heterocycles. The monoisotopic (exact) mass is 366 g/mol. The first kappa shape index (κ1) is 19.7. The molecule has 0 radical (unpaired) electrons. The Bertz CT molecular complexity index is 643. The van der Waals surface area contributed by atoms with Crippen molar-refractivity contribution in [2.45, 2.75) is 57.8 Å². The van der Waals surface area contributed by atoms with Gasteiger partial charge in [-0.15, -0.1) is 0 Å². The lowest BCUT2D eigenvalue weighted by atomic mass is 10.2. The molecule has 8 heteroatoms. The van der Waals surface area contributed by atoms with Crippen molar-refractivity contribution < 1.29 is 28.2 Å². The molecule has 1 aromatic carbocycles. The van der Waals surface area contributed by atoms with Gasteiger partial charge in [0.05, 0.1) is 0 Å². The van der Waals surface area contributed by atoms with E-state index in [9.17, 15) is 18.8 Å². The third-order valence-electron chi connectivity index (χ3n) is 4.05. The molecular weight excluding hydrogens is 343 g/mol. The smallest absolute Gasteiger partial charge is 0.347 e. The number of benzene rings is 1. The maximum absolute atomic E-state index is 12.9. The highest BCUT2D eigenvalue weighted by molar-refractivity contribution is 5.97. The number of urea groups is 1. The molecule has 1 saturated carbocycles. The van der Waals surface area contributed by atoms with Crippen LogP contribution >= 0.6 is 0 Å². The van der Waals surface area contributed by atoms with E-state index >= 15 is 0 Å². The van der Waals surface area contributed by atoms with E-state index in [1.807, 2.05) is 0 Å². The number of rotatable bonds is 6. The number of halogens is 1. The van der Waals surface area contributed by atoms with Gasteiger partial charge in [-0.25, -0.2) is 14.0 Å². The van der Waals surface area contributed by atoms with E-state index in [1.54, 1.807) is 0 Å². The highest BCUT2D eigenvalue weighted by Gasteiger charge is 2.25. The van der Waals surface area contributed by atoms with Crippen molar-refractivity contribution in [3.63, 3.8) is 0 Å². The van der Waals surface area contributed by atoms with Gasteiger partial charge in [-0.2, -0.15) is 0 Å². The fourth-order valence-electron chi connectivity index (χ4n) is 2.59. The zero-order chi connectivity index (χ0) is 19.1. The minimum atomic E-state index is -1.16. The maximum atomic E-state index is 12.9. The van der Waals surface area contributed by atoms with E-state index < -0.39 is 35.9 Å². The largest absolute Gasteiger partial charge is 0.479 e. The van der Waals surface area contributed by atoms with Crippen molar-refractivity contribution in [1.29, 1.82) is 0 Å². The van der Waals surface area contributed by atoms with Gasteiger partial charge < -0.3 is 14.8 Å². The molecule has 7 nitrogen and oxygen atoms in total. The second-order valence-corrected chi connectivity index (χ2v) is 6.24. The summed E-state index contributed by atoms with van der Waals surface area (Å²) >= 11 is 0. The van der Waals surface area contributed by atoms with Gasteiger partial charge in [-0.3, -0.25) is 10.1 Å². The summed E-state index contributed by atoms with van der Waals surface area (Å²) in [5, 5.41) is 4.87. The van der Waals surface area contributed by atoms with Crippen LogP contribution in [-0.2, 0) is 14.3 Å². The van der Waals surface area contributed by atoms with Crippen LogP contribution in [0.1, 0.15) is 39.5 Å². The number of imide groups is 1. The predicted molar refractivity (Wildman–Crippen MR) is 91.0 cm³/mol. The van der Waals surface area contributed by atoms with Crippen molar-refractivity contribution in [3.8, 4) is 5.75 Å². The molecule has 0 unspecified atom stereocenters. The van der Waals surface area contributed by atoms with Gasteiger partial charge in [0, 0.05) is 6.04 Å². The average molecular weight is 366 g/mol. The fourth-order valence-corrected chi connectivity index (χ4v) is 2.59. The molecule has 0 spiro atoms. The van der Waals surface area contributed by atoms with Gasteiger partial charge in [0.15, 0.2) is 12.2 Å². The summed E-state index contributed by atoms with van der Waals surface area (Å²) in [6.45, 7) is 2.81. The minimum absolute atomic E-state index is 0.0739. The standard InChI is InChI=1S/C18H23FN2O5/c1-11(16(22)21-18(24)20-14-5-3-4-6-14)26-17(23)12(2)25-15-9-7-13(19)8-10-15/h7-12,14H,3-6H2,1-2H3,(H2,20,21,22,24)/t11-,12+/m0/s1. The lowest BCUT2D eigenvalue weighted by Gasteiger charge is -2.18. The summed E-state index contributed by atoms with van der Waals surface area (Å²) in [6.07, 6.45) is 1.74. The molecule has 2 rings (SSSR count). The molecule has 1 aliphatic carbocycles. The fraction of sp³-hybridized carbons (Fsp3) is 0.500. The van der Waals surface area contributed by atoms with Crippen molar-refractivity contribution >= 4 is 17.9 Å². The Kier molecular flexibility index (Phi) is 6.94. The van der Waals surface area contributed by atoms with E-state index in [0.717, 1.165) is 25.7 Å². The first-order valence-electron chi connectivity index (χ1n) is 8.59. The van der Waals surface area contributed by atoms with Crippen molar-refractivity contribution in [2.75, 3.05) is 0 Å². The summed E-state index contributed by atoms with van der Waals surface area (Å²) < 4.78 is 23.2. The normalized spacial score (nSPS) is 16.4. The Labute approximate surface area is 151 Å². The number of hydrogen-bond donors (Lipinski definition) is 2. The molecule has 2 atom stereocenters. The molecule has 0 bridgehead atoms. The van der Waals surface area contributed by atoms with Crippen LogP contribution < -0.4 is 15.4 Å². The predicted octanol–water partition coefficient (Wildman–Crippen LogP) is 2.29. The Morgan fingerprint density at radius 3 is 2.31 bits per heavy atom. The first-order valence-corrected chi connectivity index (χ1v) is 8.59. The number of ether oxygens (including phenoxy) is 2. The molecule has 26 heavy (non-hydrogen) atoms. The van der Waals surface area contributed by atoms with Gasteiger partial charge in [-0.1, -0.05) is 12.8 Å². The minimum Gasteiger partial charge on any atom is -0.479 e. The average Bonchev–Trinajstić information content (AvgIpc) is 3.09. The van der Waals surface area contributed by atoms with Crippen molar-refractivity contribution in [1.82, 2.24) is 10.6 Å². The highest BCUT2D eigenvalue weighted by Crippen LogP contribution is 2.17. The van der Waals surface area contributed by atoms with Crippen LogP contribution in [0.25, 0.3) is 0 Å². The summed E-state index contributed by atoms with van der Waals surface area (Å²) in [5.74, 6) is -1.62. The molecule has 0 aromatic heterocycles. The van der Waals surface area contributed by atoms with Crippen LogP contribution in [0, 0.1) is 5.82 Å². The second kappa shape index (κ2) is 9.17. The summed E-state index contributed by atoms with van der Waals surface area (Å²) in [7, 11) is 0. The highest BCUT2D eigenvalue weighted by atomic mass is 19.1. The number of hydrogen-bond acceptors (Lipinski definition) is 5. The third kappa shape index (κ3) is 6.02. The Morgan fingerprint density at radius 2 is 1.69 bits per heavy atom. The van der Waals surface area contributed by atoms with E-state index in [0.29, 0.717) is 5.75 Å². The van der Waals surface area contributed by atoms with Crippen LogP contribution in [0.15, 0.2) is 24.3 Å². The van der Waals surface area contributed by atoms with Gasteiger partial charge in [0.1, 0.15) is 11.6 Å². The van der Waals surface area contributed by atoms with Crippen LogP contribution in [0.5, 0.6) is 5.75 Å². The van der Waals surface area contributed by atoms with Gasteiger partial charge in [0.2, 0.25) is 0 Å². The zero-order valence-electron chi connectivity index (χ0n) is 14.8. The van der Waals surface area contributed by atoms with Gasteiger partial charge >= 0.3 is 12.0 Å². The van der Waals surface area contributed by atoms with E-state index in [1.165, 1.54) is 38.1 Å². The van der Waals surface area contributed by atoms with E-state index in [2.05, 4.69) is 10.6 Å². The van der Waals surface area contributed by atoms with E-state index in [-0.39, 0.29) is 6.04 Å². The van der Waals surface area contributed by atoms with Crippen molar-refractivity contribution in [3.05, 3.63) is 30.1 Å². The van der Waals surface area contributed by atoms with E-state index in [4.69, 9.17) is 9.47 Å². The number of amides is 3. The molecule has 2 N–H and O–H groups in total. The lowest BCUT2D eigenvalue weighted by Crippen LogP contribution is -2.47. The number of carbonyl (C=O) groups excluding carboxylic acids is 3. The first-order chi connectivity index (χ1) is 12.3. The summed E-state index contributed by atoms with van der Waals surface area (Å²) in [4.78, 5) is 35.7. The zero-order valence-corrected chi connectivity index (χ0v) is 14.8. The molecule has 0 aliphatic heterocycles. The number of carbonyl (C=O) groups is 3. The third-order valence-corrected chi connectivity index (χ3v) is 4.05. The Hall–Kier alpha value is -2.64. The topological polar surface area (TPSA) is 93.7 Å². The SMILES string of the molecule is C[C@H](OC(=O)[C@@H](C)Oc1ccc(F)cc1)C(=O)NC(=O)NC1CCCC1. The molecule has 3 amide bonds. The van der Waals surface area contributed by atoms with Crippen LogP contribution in [0.2, 0.25) is 0 Å². The molecule has 1 aromatic rings. The maximum Gasteiger partial charge on any atom is 0.347 e. The quantitative estimate of drug-likeness (QED) is 0.754. The Balaban J connectivity index is 1.76. The molecule has 142 valence electrons. The van der Waals surface area contributed by atoms with Crippen molar-refractivity contribution in [2.24, 2.45) is 0 Å². The van der Waals surface area contributed by atoms with Gasteiger partial charge in [0.25, 0.3) is 5.91 Å². The molecule has 1 fully saturated rings. The lowest BCUT2D eigenvalue weighted by molar-refractivity contribution is -0.160. The molecular formula is C18H23FN2O5. The van der Waals surface area contributed by atoms with Gasteiger partial charge in [-0.05, 0) is 51.0 Å². The van der Waals surface area contributed by atoms with Crippen LogP contribution in [-0.4, -0.2) is 36.2 Å². The molecule has 1 aliphatic rings. The van der Waals surface area contributed by atoms with Crippen LogP contribution in [0.3, 0.4) is 0 Å². The Morgan fingerprint density at radius 1 is 1.08 bits per heavy atom.